The van der Waals surface area contributed by atoms with Crippen LogP contribution in [-0.2, 0) is 9.53 Å². The van der Waals surface area contributed by atoms with Gasteiger partial charge in [-0.1, -0.05) is 6.92 Å². The first kappa shape index (κ1) is 12.6. The number of methoxy groups -OCH3 is 1. The summed E-state index contributed by atoms with van der Waals surface area (Å²) < 4.78 is 4.80. The number of thiophene rings is 1. The lowest BCUT2D eigenvalue weighted by Gasteiger charge is -2.14. The SMILES string of the molecule is CCC(CC1CC1C(=O)OC)c1sccc1C. The molecule has 0 aromatic carbocycles. The predicted octanol–water partition coefficient (Wildman–Crippen LogP) is 3.75. The van der Waals surface area contributed by atoms with Crippen molar-refractivity contribution in [3.63, 3.8) is 0 Å². The molecule has 0 radical (unpaired) electrons. The van der Waals surface area contributed by atoms with Crippen molar-refractivity contribution >= 4 is 17.3 Å². The maximum absolute atomic E-state index is 11.4. The van der Waals surface area contributed by atoms with E-state index < -0.39 is 0 Å². The first-order valence-corrected chi connectivity index (χ1v) is 7.17. The Balaban J connectivity index is 1.94. The molecule has 3 heteroatoms. The molecule has 17 heavy (non-hydrogen) atoms. The number of aryl methyl sites for hydroxylation is 1. The van der Waals surface area contributed by atoms with Crippen molar-refractivity contribution in [1.82, 2.24) is 0 Å². The Morgan fingerprint density at radius 1 is 1.65 bits per heavy atom. The van der Waals surface area contributed by atoms with Gasteiger partial charge in [0, 0.05) is 4.88 Å². The fourth-order valence-electron chi connectivity index (χ4n) is 2.58. The van der Waals surface area contributed by atoms with Crippen LogP contribution < -0.4 is 0 Å². The normalized spacial score (nSPS) is 24.4. The van der Waals surface area contributed by atoms with E-state index >= 15 is 0 Å². The molecule has 1 aliphatic carbocycles. The van der Waals surface area contributed by atoms with Gasteiger partial charge in [-0.3, -0.25) is 4.79 Å². The highest BCUT2D eigenvalue weighted by Gasteiger charge is 2.44. The molecule has 3 atom stereocenters. The molecule has 1 heterocycles. The molecule has 1 aliphatic rings. The molecule has 2 nitrogen and oxygen atoms in total. The summed E-state index contributed by atoms with van der Waals surface area (Å²) in [6.07, 6.45) is 3.32. The number of ether oxygens (including phenoxy) is 1. The van der Waals surface area contributed by atoms with E-state index in [1.165, 1.54) is 17.6 Å². The van der Waals surface area contributed by atoms with Crippen LogP contribution >= 0.6 is 11.3 Å². The summed E-state index contributed by atoms with van der Waals surface area (Å²) in [4.78, 5) is 12.9. The molecule has 1 saturated carbocycles. The van der Waals surface area contributed by atoms with E-state index in [4.69, 9.17) is 4.74 Å². The van der Waals surface area contributed by atoms with E-state index in [0.29, 0.717) is 11.8 Å². The summed E-state index contributed by atoms with van der Waals surface area (Å²) in [5, 5.41) is 2.16. The second kappa shape index (κ2) is 5.21. The van der Waals surface area contributed by atoms with E-state index in [1.807, 2.05) is 11.3 Å². The summed E-state index contributed by atoms with van der Waals surface area (Å²) in [6.45, 7) is 4.42. The Labute approximate surface area is 107 Å². The summed E-state index contributed by atoms with van der Waals surface area (Å²) in [7, 11) is 1.48. The van der Waals surface area contributed by atoms with Crippen molar-refractivity contribution in [2.45, 2.75) is 39.0 Å². The molecule has 0 aliphatic heterocycles. The van der Waals surface area contributed by atoms with Crippen LogP contribution in [0.15, 0.2) is 11.4 Å². The van der Waals surface area contributed by atoms with Crippen LogP contribution in [0.3, 0.4) is 0 Å². The molecular formula is C14H20O2S. The molecule has 0 amide bonds. The molecule has 94 valence electrons. The third-order valence-electron chi connectivity index (χ3n) is 3.78. The second-order valence-corrected chi connectivity index (χ2v) is 5.88. The molecule has 1 aromatic heterocycles. The zero-order chi connectivity index (χ0) is 12.4. The third-order valence-corrected chi connectivity index (χ3v) is 4.96. The molecule has 1 fully saturated rings. The van der Waals surface area contributed by atoms with Crippen molar-refractivity contribution in [1.29, 1.82) is 0 Å². The average Bonchev–Trinajstić information content (AvgIpc) is 2.99. The largest absolute Gasteiger partial charge is 0.469 e. The number of carbonyl (C=O) groups excluding carboxylic acids is 1. The van der Waals surface area contributed by atoms with E-state index in [2.05, 4.69) is 25.3 Å². The molecule has 2 rings (SSSR count). The monoisotopic (exact) mass is 252 g/mol. The minimum atomic E-state index is -0.0206. The first-order valence-electron chi connectivity index (χ1n) is 6.29. The van der Waals surface area contributed by atoms with Gasteiger partial charge in [0.2, 0.25) is 0 Å². The van der Waals surface area contributed by atoms with Gasteiger partial charge in [-0.2, -0.15) is 0 Å². The quantitative estimate of drug-likeness (QED) is 0.746. The first-order chi connectivity index (χ1) is 8.17. The van der Waals surface area contributed by atoms with Gasteiger partial charge >= 0.3 is 5.97 Å². The number of esters is 1. The molecule has 3 unspecified atom stereocenters. The number of rotatable bonds is 5. The summed E-state index contributed by atoms with van der Waals surface area (Å²) in [5.74, 6) is 1.32. The van der Waals surface area contributed by atoms with Crippen LogP contribution in [0.2, 0.25) is 0 Å². The van der Waals surface area contributed by atoms with Crippen LogP contribution in [0.25, 0.3) is 0 Å². The van der Waals surface area contributed by atoms with Gasteiger partial charge in [-0.15, -0.1) is 11.3 Å². The average molecular weight is 252 g/mol. The van der Waals surface area contributed by atoms with Crippen molar-refractivity contribution in [2.24, 2.45) is 11.8 Å². The summed E-state index contributed by atoms with van der Waals surface area (Å²) >= 11 is 1.85. The molecule has 0 spiro atoms. The Kier molecular flexibility index (Phi) is 3.87. The van der Waals surface area contributed by atoms with E-state index in [1.54, 1.807) is 0 Å². The van der Waals surface area contributed by atoms with Crippen LogP contribution in [0.1, 0.15) is 42.5 Å². The van der Waals surface area contributed by atoms with Crippen molar-refractivity contribution in [2.75, 3.05) is 7.11 Å². The van der Waals surface area contributed by atoms with E-state index in [0.717, 1.165) is 19.3 Å². The van der Waals surface area contributed by atoms with E-state index in [9.17, 15) is 4.79 Å². The van der Waals surface area contributed by atoms with Crippen molar-refractivity contribution in [3.05, 3.63) is 21.9 Å². The maximum atomic E-state index is 11.4. The fourth-order valence-corrected chi connectivity index (χ4v) is 3.70. The van der Waals surface area contributed by atoms with Crippen LogP contribution in [0.4, 0.5) is 0 Å². The van der Waals surface area contributed by atoms with Crippen LogP contribution in [-0.4, -0.2) is 13.1 Å². The maximum Gasteiger partial charge on any atom is 0.308 e. The van der Waals surface area contributed by atoms with Gasteiger partial charge in [-0.25, -0.2) is 0 Å². The lowest BCUT2D eigenvalue weighted by molar-refractivity contribution is -0.142. The van der Waals surface area contributed by atoms with Gasteiger partial charge in [-0.05, 0) is 55.0 Å². The van der Waals surface area contributed by atoms with Gasteiger partial charge in [0.15, 0.2) is 0 Å². The van der Waals surface area contributed by atoms with Gasteiger partial charge in [0.05, 0.1) is 13.0 Å². The van der Waals surface area contributed by atoms with Crippen molar-refractivity contribution in [3.8, 4) is 0 Å². The van der Waals surface area contributed by atoms with Crippen LogP contribution in [0.5, 0.6) is 0 Å². The Morgan fingerprint density at radius 2 is 2.41 bits per heavy atom. The Bertz CT molecular complexity index is 397. The zero-order valence-electron chi connectivity index (χ0n) is 10.7. The lowest BCUT2D eigenvalue weighted by Crippen LogP contribution is -2.06. The molecule has 0 saturated heterocycles. The highest BCUT2D eigenvalue weighted by atomic mass is 32.1. The van der Waals surface area contributed by atoms with Crippen LogP contribution in [0, 0.1) is 18.8 Å². The zero-order valence-corrected chi connectivity index (χ0v) is 11.5. The van der Waals surface area contributed by atoms with Gasteiger partial charge in [0.1, 0.15) is 0 Å². The fraction of sp³-hybridized carbons (Fsp3) is 0.643. The van der Waals surface area contributed by atoms with E-state index in [-0.39, 0.29) is 11.9 Å². The molecular weight excluding hydrogens is 232 g/mol. The smallest absolute Gasteiger partial charge is 0.308 e. The summed E-state index contributed by atoms with van der Waals surface area (Å²) in [5.41, 5.74) is 1.40. The highest BCUT2D eigenvalue weighted by molar-refractivity contribution is 7.10. The Hall–Kier alpha value is -0.830. The number of hydrogen-bond acceptors (Lipinski definition) is 3. The summed E-state index contributed by atoms with van der Waals surface area (Å²) in [6, 6.07) is 2.19. The lowest BCUT2D eigenvalue weighted by atomic mass is 9.95. The Morgan fingerprint density at radius 3 is 2.94 bits per heavy atom. The number of hydrogen-bond donors (Lipinski definition) is 0. The topological polar surface area (TPSA) is 26.3 Å². The number of carbonyl (C=O) groups is 1. The molecule has 0 N–H and O–H groups in total. The molecule has 0 bridgehead atoms. The van der Waals surface area contributed by atoms with Gasteiger partial charge in [0.25, 0.3) is 0 Å². The highest BCUT2D eigenvalue weighted by Crippen LogP contribution is 2.47. The minimum absolute atomic E-state index is 0.0206. The second-order valence-electron chi connectivity index (χ2n) is 4.93. The third kappa shape index (κ3) is 2.71. The standard InChI is InChI=1S/C14H20O2S/c1-4-10(13-9(2)5-6-17-13)7-11-8-12(11)14(15)16-3/h5-6,10-12H,4,7-8H2,1-3H3. The van der Waals surface area contributed by atoms with Crippen molar-refractivity contribution < 1.29 is 9.53 Å². The molecule has 1 aromatic rings. The predicted molar refractivity (Wildman–Crippen MR) is 70.3 cm³/mol. The minimum Gasteiger partial charge on any atom is -0.469 e. The van der Waals surface area contributed by atoms with Gasteiger partial charge < -0.3 is 4.74 Å².